The van der Waals surface area contributed by atoms with Crippen LogP contribution in [0.2, 0.25) is 0 Å². The Bertz CT molecular complexity index is 125. The summed E-state index contributed by atoms with van der Waals surface area (Å²) in [4.78, 5) is 12.3. The molecule has 2 unspecified atom stereocenters. The van der Waals surface area contributed by atoms with E-state index in [1.54, 1.807) is 0 Å². The summed E-state index contributed by atoms with van der Waals surface area (Å²) in [6.07, 6.45) is 3.98. The fraction of sp³-hybridized carbons (Fsp3) is 0.857. The second kappa shape index (κ2) is 3.12. The maximum atomic E-state index is 10.3. The van der Waals surface area contributed by atoms with Crippen molar-refractivity contribution in [2.75, 3.05) is 6.54 Å². The SMILES string of the molecule is CC(N)N1CCCC1[C]=O. The fourth-order valence-corrected chi connectivity index (χ4v) is 1.40. The van der Waals surface area contributed by atoms with Crippen LogP contribution in [0, 0.1) is 0 Å². The number of nitrogens with two attached hydrogens (primary N) is 1. The second-order valence-electron chi connectivity index (χ2n) is 2.75. The lowest BCUT2D eigenvalue weighted by atomic mass is 10.2. The van der Waals surface area contributed by atoms with Crippen LogP contribution in [0.4, 0.5) is 0 Å². The highest BCUT2D eigenvalue weighted by molar-refractivity contribution is 5.59. The van der Waals surface area contributed by atoms with Crippen LogP contribution < -0.4 is 5.73 Å². The van der Waals surface area contributed by atoms with Crippen molar-refractivity contribution in [1.29, 1.82) is 0 Å². The van der Waals surface area contributed by atoms with Gasteiger partial charge in [-0.05, 0) is 19.8 Å². The van der Waals surface area contributed by atoms with Crippen molar-refractivity contribution >= 4 is 6.29 Å². The lowest BCUT2D eigenvalue weighted by Gasteiger charge is -2.23. The lowest BCUT2D eigenvalue weighted by molar-refractivity contribution is 0.231. The summed E-state index contributed by atoms with van der Waals surface area (Å²) in [5.74, 6) is 0. The summed E-state index contributed by atoms with van der Waals surface area (Å²) in [5.41, 5.74) is 5.61. The molecule has 0 bridgehead atoms. The molecule has 0 aliphatic carbocycles. The summed E-state index contributed by atoms with van der Waals surface area (Å²) in [6.45, 7) is 2.84. The molecule has 57 valence electrons. The van der Waals surface area contributed by atoms with Crippen molar-refractivity contribution < 1.29 is 4.79 Å². The molecule has 1 radical (unpaired) electrons. The average molecular weight is 141 g/mol. The topological polar surface area (TPSA) is 46.3 Å². The molecule has 0 amide bonds. The van der Waals surface area contributed by atoms with Crippen LogP contribution >= 0.6 is 0 Å². The van der Waals surface area contributed by atoms with Gasteiger partial charge in [0.15, 0.2) is 0 Å². The van der Waals surface area contributed by atoms with Gasteiger partial charge in [0.1, 0.15) is 0 Å². The molecule has 1 rings (SSSR count). The van der Waals surface area contributed by atoms with E-state index in [1.165, 1.54) is 0 Å². The van der Waals surface area contributed by atoms with E-state index in [4.69, 9.17) is 5.73 Å². The molecule has 3 heteroatoms. The van der Waals surface area contributed by atoms with E-state index in [2.05, 4.69) is 0 Å². The van der Waals surface area contributed by atoms with Crippen LogP contribution in [-0.2, 0) is 4.79 Å². The summed E-state index contributed by atoms with van der Waals surface area (Å²) >= 11 is 0. The number of rotatable bonds is 2. The molecule has 3 nitrogen and oxygen atoms in total. The van der Waals surface area contributed by atoms with Gasteiger partial charge in [0.2, 0.25) is 6.29 Å². The smallest absolute Gasteiger partial charge is 0.217 e. The van der Waals surface area contributed by atoms with E-state index in [0.29, 0.717) is 0 Å². The van der Waals surface area contributed by atoms with Crippen molar-refractivity contribution in [1.82, 2.24) is 4.90 Å². The zero-order chi connectivity index (χ0) is 7.56. The van der Waals surface area contributed by atoms with Gasteiger partial charge in [-0.15, -0.1) is 0 Å². The molecular weight excluding hydrogens is 128 g/mol. The molecule has 1 aliphatic heterocycles. The molecule has 0 saturated carbocycles. The molecule has 0 spiro atoms. The third kappa shape index (κ3) is 1.36. The third-order valence-corrected chi connectivity index (χ3v) is 1.95. The molecule has 1 aliphatic rings. The van der Waals surface area contributed by atoms with Crippen molar-refractivity contribution in [3.05, 3.63) is 0 Å². The van der Waals surface area contributed by atoms with Gasteiger partial charge < -0.3 is 5.73 Å². The highest BCUT2D eigenvalue weighted by Gasteiger charge is 2.26. The molecule has 0 aromatic carbocycles. The van der Waals surface area contributed by atoms with Crippen LogP contribution in [0.15, 0.2) is 0 Å². The number of carbonyl (C=O) groups excluding carboxylic acids is 1. The van der Waals surface area contributed by atoms with E-state index >= 15 is 0 Å². The molecule has 2 atom stereocenters. The molecule has 1 heterocycles. The minimum atomic E-state index is -0.0417. The fourth-order valence-electron chi connectivity index (χ4n) is 1.40. The predicted molar refractivity (Wildman–Crippen MR) is 39.1 cm³/mol. The Balaban J connectivity index is 2.49. The first-order valence-corrected chi connectivity index (χ1v) is 3.64. The quantitative estimate of drug-likeness (QED) is 0.582. The standard InChI is InChI=1S/C7H13N2O/c1-6(8)9-4-2-3-7(9)5-10/h6-7H,2-4,8H2,1H3. The Morgan fingerprint density at radius 2 is 2.50 bits per heavy atom. The van der Waals surface area contributed by atoms with Gasteiger partial charge in [-0.1, -0.05) is 0 Å². The Kier molecular flexibility index (Phi) is 2.40. The van der Waals surface area contributed by atoms with Gasteiger partial charge >= 0.3 is 0 Å². The Hall–Kier alpha value is -0.410. The number of nitrogens with zero attached hydrogens (tertiary/aromatic N) is 1. The summed E-state index contributed by atoms with van der Waals surface area (Å²) in [5, 5.41) is 0. The summed E-state index contributed by atoms with van der Waals surface area (Å²) < 4.78 is 0. The van der Waals surface area contributed by atoms with Crippen LogP contribution in [0.1, 0.15) is 19.8 Å². The summed E-state index contributed by atoms with van der Waals surface area (Å²) in [7, 11) is 0. The maximum absolute atomic E-state index is 10.3. The molecule has 1 saturated heterocycles. The highest BCUT2D eigenvalue weighted by Crippen LogP contribution is 2.15. The van der Waals surface area contributed by atoms with E-state index < -0.39 is 0 Å². The van der Waals surface area contributed by atoms with Crippen LogP contribution in [0.25, 0.3) is 0 Å². The molecule has 0 aromatic rings. The van der Waals surface area contributed by atoms with Gasteiger partial charge in [0.25, 0.3) is 0 Å². The van der Waals surface area contributed by atoms with Crippen molar-refractivity contribution in [2.45, 2.75) is 32.0 Å². The minimum Gasteiger partial charge on any atom is -0.316 e. The first-order valence-electron chi connectivity index (χ1n) is 3.64. The molecule has 10 heavy (non-hydrogen) atoms. The van der Waals surface area contributed by atoms with Crippen LogP contribution in [0.3, 0.4) is 0 Å². The Morgan fingerprint density at radius 3 is 2.90 bits per heavy atom. The van der Waals surface area contributed by atoms with Gasteiger partial charge in [-0.3, -0.25) is 9.69 Å². The first-order chi connectivity index (χ1) is 4.75. The lowest BCUT2D eigenvalue weighted by Crippen LogP contribution is -2.43. The monoisotopic (exact) mass is 141 g/mol. The second-order valence-corrected chi connectivity index (χ2v) is 2.75. The van der Waals surface area contributed by atoms with Gasteiger partial charge in [-0.25, -0.2) is 0 Å². The maximum Gasteiger partial charge on any atom is 0.217 e. The highest BCUT2D eigenvalue weighted by atomic mass is 16.1. The molecule has 0 aromatic heterocycles. The van der Waals surface area contributed by atoms with E-state index in [1.807, 2.05) is 18.1 Å². The van der Waals surface area contributed by atoms with E-state index in [9.17, 15) is 4.79 Å². The zero-order valence-corrected chi connectivity index (χ0v) is 6.21. The first kappa shape index (κ1) is 7.69. The predicted octanol–water partition coefficient (Wildman–Crippen LogP) is -0.135. The van der Waals surface area contributed by atoms with Crippen molar-refractivity contribution in [3.8, 4) is 0 Å². The van der Waals surface area contributed by atoms with E-state index in [-0.39, 0.29) is 12.2 Å². The number of hydrogen-bond acceptors (Lipinski definition) is 3. The van der Waals surface area contributed by atoms with Gasteiger partial charge in [0, 0.05) is 6.54 Å². The summed E-state index contributed by atoms with van der Waals surface area (Å²) in [6, 6.07) is -0.0417. The largest absolute Gasteiger partial charge is 0.316 e. The van der Waals surface area contributed by atoms with Crippen LogP contribution in [-0.4, -0.2) is 29.9 Å². The van der Waals surface area contributed by atoms with Gasteiger partial charge in [0.05, 0.1) is 12.2 Å². The minimum absolute atomic E-state index is 0.00560. The zero-order valence-electron chi connectivity index (χ0n) is 6.21. The Morgan fingerprint density at radius 1 is 1.80 bits per heavy atom. The molecular formula is C7H13N2O. The van der Waals surface area contributed by atoms with E-state index in [0.717, 1.165) is 19.4 Å². The van der Waals surface area contributed by atoms with Crippen molar-refractivity contribution in [3.63, 3.8) is 0 Å². The average Bonchev–Trinajstić information content (AvgIpc) is 2.33. The van der Waals surface area contributed by atoms with Crippen molar-refractivity contribution in [2.24, 2.45) is 5.73 Å². The molecule has 2 N–H and O–H groups in total. The third-order valence-electron chi connectivity index (χ3n) is 1.95. The van der Waals surface area contributed by atoms with Crippen LogP contribution in [0.5, 0.6) is 0 Å². The van der Waals surface area contributed by atoms with Gasteiger partial charge in [-0.2, -0.15) is 0 Å². The normalized spacial score (nSPS) is 30.4. The number of likely N-dealkylation sites (tertiary alicyclic amines) is 1. The number of hydrogen-bond donors (Lipinski definition) is 1. The Labute approximate surface area is 61.2 Å². The molecule has 1 fully saturated rings.